The second kappa shape index (κ2) is 3.70. The largest absolute Gasteiger partial charge is 0.489 e. The van der Waals surface area contributed by atoms with Crippen molar-refractivity contribution in [2.45, 2.75) is 6.92 Å². The number of hydrogen-bond donors (Lipinski definition) is 0. The molecule has 0 saturated carbocycles. The zero-order valence-corrected chi connectivity index (χ0v) is 8.36. The molecule has 2 rings (SSSR count). The van der Waals surface area contributed by atoms with Crippen molar-refractivity contribution in [3.05, 3.63) is 48.1 Å². The van der Waals surface area contributed by atoms with Gasteiger partial charge in [0.15, 0.2) is 0 Å². The second-order valence-corrected chi connectivity index (χ2v) is 3.57. The Balaban J connectivity index is 2.35. The fourth-order valence-electron chi connectivity index (χ4n) is 1.55. The highest BCUT2D eigenvalue weighted by molar-refractivity contribution is 5.62. The van der Waals surface area contributed by atoms with E-state index in [1.807, 2.05) is 24.3 Å². The van der Waals surface area contributed by atoms with Crippen LogP contribution in [0.5, 0.6) is 5.75 Å². The normalized spacial score (nSPS) is 16.2. The molecule has 0 radical (unpaired) electrons. The molecule has 0 fully saturated rings. The summed E-state index contributed by atoms with van der Waals surface area (Å²) in [6.45, 7) is 6.62. The minimum atomic E-state index is 0.392. The van der Waals surface area contributed by atoms with Gasteiger partial charge in [-0.05, 0) is 23.6 Å². The fraction of sp³-hybridized carbons (Fsp3) is 0.231. The van der Waals surface area contributed by atoms with Gasteiger partial charge in [0.2, 0.25) is 0 Å². The highest BCUT2D eigenvalue weighted by atomic mass is 16.5. The minimum absolute atomic E-state index is 0.392. The first kappa shape index (κ1) is 9.07. The van der Waals surface area contributed by atoms with E-state index in [-0.39, 0.29) is 0 Å². The monoisotopic (exact) mass is 186 g/mol. The Hall–Kier alpha value is -1.50. The molecule has 0 amide bonds. The molecule has 1 aliphatic rings. The van der Waals surface area contributed by atoms with Crippen molar-refractivity contribution in [3.63, 3.8) is 0 Å². The van der Waals surface area contributed by atoms with Crippen LogP contribution in [-0.2, 0) is 0 Å². The van der Waals surface area contributed by atoms with Crippen molar-refractivity contribution in [1.29, 1.82) is 0 Å². The summed E-state index contributed by atoms with van der Waals surface area (Å²) >= 11 is 0. The molecule has 0 saturated heterocycles. The molecular formula is C13H14O. The number of fused-ring (bicyclic) bond motifs is 1. The summed E-state index contributed by atoms with van der Waals surface area (Å²) in [5.74, 6) is 1.37. The zero-order valence-electron chi connectivity index (χ0n) is 8.36. The molecule has 0 N–H and O–H groups in total. The lowest BCUT2D eigenvalue weighted by atomic mass is 9.97. The van der Waals surface area contributed by atoms with Gasteiger partial charge in [-0.25, -0.2) is 0 Å². The average molecular weight is 186 g/mol. The summed E-state index contributed by atoms with van der Waals surface area (Å²) in [6.07, 6.45) is 4.15. The Morgan fingerprint density at radius 1 is 1.43 bits per heavy atom. The van der Waals surface area contributed by atoms with Crippen LogP contribution in [0.4, 0.5) is 0 Å². The molecular weight excluding hydrogens is 172 g/mol. The predicted molar refractivity (Wildman–Crippen MR) is 59.3 cm³/mol. The lowest BCUT2D eigenvalue weighted by Crippen LogP contribution is -2.11. The molecule has 72 valence electrons. The molecule has 1 aliphatic heterocycles. The van der Waals surface area contributed by atoms with Gasteiger partial charge < -0.3 is 4.74 Å². The van der Waals surface area contributed by atoms with E-state index in [0.717, 1.165) is 5.75 Å². The SMILES string of the molecule is C=CC(C)C1=Cc2ccccc2OC1. The van der Waals surface area contributed by atoms with Crippen LogP contribution in [0.15, 0.2) is 42.5 Å². The Morgan fingerprint density at radius 2 is 2.21 bits per heavy atom. The van der Waals surface area contributed by atoms with Crippen molar-refractivity contribution in [2.75, 3.05) is 6.61 Å². The minimum Gasteiger partial charge on any atom is -0.489 e. The first-order valence-electron chi connectivity index (χ1n) is 4.86. The van der Waals surface area contributed by atoms with Crippen LogP contribution in [0.25, 0.3) is 6.08 Å². The van der Waals surface area contributed by atoms with E-state index in [1.165, 1.54) is 11.1 Å². The number of hydrogen-bond acceptors (Lipinski definition) is 1. The van der Waals surface area contributed by atoms with E-state index >= 15 is 0 Å². The molecule has 1 heterocycles. The van der Waals surface area contributed by atoms with E-state index in [0.29, 0.717) is 12.5 Å². The fourth-order valence-corrected chi connectivity index (χ4v) is 1.55. The van der Waals surface area contributed by atoms with Crippen LogP contribution in [0.1, 0.15) is 12.5 Å². The molecule has 14 heavy (non-hydrogen) atoms. The van der Waals surface area contributed by atoms with Gasteiger partial charge in [-0.3, -0.25) is 0 Å². The summed E-state index contributed by atoms with van der Waals surface area (Å²) in [6, 6.07) is 8.10. The third-order valence-corrected chi connectivity index (χ3v) is 2.59. The number of para-hydroxylation sites is 1. The standard InChI is InChI=1S/C13H14O/c1-3-10(2)12-8-11-6-4-5-7-13(11)14-9-12/h3-8,10H,1,9H2,2H3. The van der Waals surface area contributed by atoms with Gasteiger partial charge >= 0.3 is 0 Å². The predicted octanol–water partition coefficient (Wildman–Crippen LogP) is 3.28. The smallest absolute Gasteiger partial charge is 0.127 e. The highest BCUT2D eigenvalue weighted by Crippen LogP contribution is 2.28. The summed E-state index contributed by atoms with van der Waals surface area (Å²) in [4.78, 5) is 0. The summed E-state index contributed by atoms with van der Waals surface area (Å²) < 4.78 is 5.64. The van der Waals surface area contributed by atoms with Crippen LogP contribution in [0, 0.1) is 5.92 Å². The van der Waals surface area contributed by atoms with Crippen LogP contribution in [-0.4, -0.2) is 6.61 Å². The lowest BCUT2D eigenvalue weighted by Gasteiger charge is -2.20. The maximum absolute atomic E-state index is 5.64. The van der Waals surface area contributed by atoms with Crippen LogP contribution in [0.2, 0.25) is 0 Å². The quantitative estimate of drug-likeness (QED) is 0.644. The van der Waals surface area contributed by atoms with E-state index < -0.39 is 0 Å². The van der Waals surface area contributed by atoms with Crippen molar-refractivity contribution < 1.29 is 4.74 Å². The van der Waals surface area contributed by atoms with Gasteiger partial charge in [0.25, 0.3) is 0 Å². The number of allylic oxidation sites excluding steroid dienone is 1. The van der Waals surface area contributed by atoms with Crippen LogP contribution in [0.3, 0.4) is 0 Å². The van der Waals surface area contributed by atoms with Crippen molar-refractivity contribution in [2.24, 2.45) is 5.92 Å². The zero-order chi connectivity index (χ0) is 9.97. The summed E-state index contributed by atoms with van der Waals surface area (Å²) in [5, 5.41) is 0. The molecule has 1 aromatic carbocycles. The number of benzene rings is 1. The van der Waals surface area contributed by atoms with Crippen molar-refractivity contribution >= 4 is 6.08 Å². The molecule has 0 aromatic heterocycles. The van der Waals surface area contributed by atoms with E-state index in [1.54, 1.807) is 0 Å². The number of rotatable bonds is 2. The van der Waals surface area contributed by atoms with Gasteiger partial charge in [-0.2, -0.15) is 0 Å². The molecule has 1 aromatic rings. The lowest BCUT2D eigenvalue weighted by molar-refractivity contribution is 0.337. The average Bonchev–Trinajstić information content (AvgIpc) is 2.27. The third kappa shape index (κ3) is 1.58. The van der Waals surface area contributed by atoms with Crippen molar-refractivity contribution in [3.8, 4) is 5.75 Å². The molecule has 0 spiro atoms. The van der Waals surface area contributed by atoms with E-state index in [2.05, 4.69) is 25.6 Å². The van der Waals surface area contributed by atoms with E-state index in [4.69, 9.17) is 4.74 Å². The molecule has 1 atom stereocenters. The molecule has 0 aliphatic carbocycles. The van der Waals surface area contributed by atoms with Crippen LogP contribution >= 0.6 is 0 Å². The first-order chi connectivity index (χ1) is 6.81. The Labute approximate surface area is 84.7 Å². The van der Waals surface area contributed by atoms with Crippen molar-refractivity contribution in [1.82, 2.24) is 0 Å². The summed E-state index contributed by atoms with van der Waals surface area (Å²) in [7, 11) is 0. The van der Waals surface area contributed by atoms with E-state index in [9.17, 15) is 0 Å². The Kier molecular flexibility index (Phi) is 2.40. The molecule has 1 unspecified atom stereocenters. The molecule has 1 heteroatoms. The third-order valence-electron chi connectivity index (χ3n) is 2.59. The van der Waals surface area contributed by atoms with Gasteiger partial charge in [-0.1, -0.05) is 31.2 Å². The molecule has 0 bridgehead atoms. The maximum Gasteiger partial charge on any atom is 0.127 e. The van der Waals surface area contributed by atoms with Gasteiger partial charge in [-0.15, -0.1) is 6.58 Å². The van der Waals surface area contributed by atoms with Gasteiger partial charge in [0, 0.05) is 5.56 Å². The topological polar surface area (TPSA) is 9.23 Å². The Bertz CT molecular complexity index is 377. The summed E-state index contributed by atoms with van der Waals surface area (Å²) in [5.41, 5.74) is 2.46. The van der Waals surface area contributed by atoms with Gasteiger partial charge in [0.1, 0.15) is 12.4 Å². The Morgan fingerprint density at radius 3 is 3.00 bits per heavy atom. The van der Waals surface area contributed by atoms with Gasteiger partial charge in [0.05, 0.1) is 0 Å². The molecule has 1 nitrogen and oxygen atoms in total. The number of ether oxygens (including phenoxy) is 1. The highest BCUT2D eigenvalue weighted by Gasteiger charge is 2.13. The maximum atomic E-state index is 5.64. The van der Waals surface area contributed by atoms with Crippen LogP contribution < -0.4 is 4.74 Å². The second-order valence-electron chi connectivity index (χ2n) is 3.57. The first-order valence-corrected chi connectivity index (χ1v) is 4.86.